The maximum Gasteiger partial charge on any atom is 0.284 e. The first-order chi connectivity index (χ1) is 10.5. The quantitative estimate of drug-likeness (QED) is 0.681. The molecule has 0 saturated heterocycles. The zero-order valence-corrected chi connectivity index (χ0v) is 13.9. The van der Waals surface area contributed by atoms with Crippen LogP contribution in [0, 0.1) is 0 Å². The molecule has 112 valence electrons. The molecule has 1 aliphatic rings. The predicted octanol–water partition coefficient (Wildman–Crippen LogP) is 4.21. The lowest BCUT2D eigenvalue weighted by Gasteiger charge is -2.18. The molecule has 0 aliphatic carbocycles. The number of benzodiazepines with no additional fused rings is 1. The minimum atomic E-state index is -1.96. The summed E-state index contributed by atoms with van der Waals surface area (Å²) < 4.78 is 15.0. The van der Waals surface area contributed by atoms with Crippen molar-refractivity contribution in [3.8, 4) is 0 Å². The lowest BCUT2D eigenvalue weighted by atomic mass is 10.0. The van der Waals surface area contributed by atoms with E-state index in [-0.39, 0.29) is 0 Å². The van der Waals surface area contributed by atoms with Crippen LogP contribution in [0.15, 0.2) is 51.9 Å². The van der Waals surface area contributed by atoms with Crippen molar-refractivity contribution in [2.24, 2.45) is 4.99 Å². The molecule has 0 radical (unpaired) electrons. The number of carbonyl (C=O) groups is 1. The van der Waals surface area contributed by atoms with Crippen molar-refractivity contribution < 1.29 is 9.18 Å². The summed E-state index contributed by atoms with van der Waals surface area (Å²) in [4.78, 5) is 17.3. The third kappa shape index (κ3) is 2.55. The van der Waals surface area contributed by atoms with E-state index < -0.39 is 12.2 Å². The maximum absolute atomic E-state index is 14.2. The Morgan fingerprint density at radius 1 is 1.23 bits per heavy atom. The lowest BCUT2D eigenvalue weighted by molar-refractivity contribution is -0.122. The number of nitrogens with zero attached hydrogens (tertiary/aromatic N) is 2. The van der Waals surface area contributed by atoms with Crippen LogP contribution in [0.2, 0.25) is 5.02 Å². The molecular formula is C16H11BrClFN2O. The molecule has 2 aromatic carbocycles. The smallest absolute Gasteiger partial charge is 0.284 e. The standard InChI is InChI=1S/C16H11BrClFN2O/c1-21-13-7-6-9(17)8-11(13)14(20-15(19)16(21)22)10-4-2-3-5-12(10)18/h2-8,15H,1H3. The molecule has 0 fully saturated rings. The highest BCUT2D eigenvalue weighted by atomic mass is 79.9. The second-order valence-electron chi connectivity index (χ2n) is 4.85. The molecule has 1 heterocycles. The largest absolute Gasteiger partial charge is 0.311 e. The summed E-state index contributed by atoms with van der Waals surface area (Å²) >= 11 is 9.62. The average Bonchev–Trinajstić information content (AvgIpc) is 2.59. The Morgan fingerprint density at radius 2 is 1.95 bits per heavy atom. The summed E-state index contributed by atoms with van der Waals surface area (Å²) in [5.41, 5.74) is 2.20. The number of carbonyl (C=O) groups excluding carboxylic acids is 1. The second kappa shape index (κ2) is 5.82. The number of fused-ring (bicyclic) bond motifs is 1. The van der Waals surface area contributed by atoms with Gasteiger partial charge < -0.3 is 4.90 Å². The van der Waals surface area contributed by atoms with Crippen molar-refractivity contribution in [1.82, 2.24) is 0 Å². The first-order valence-electron chi connectivity index (χ1n) is 6.53. The van der Waals surface area contributed by atoms with Crippen LogP contribution >= 0.6 is 27.5 Å². The second-order valence-corrected chi connectivity index (χ2v) is 6.17. The van der Waals surface area contributed by atoms with Crippen molar-refractivity contribution >= 4 is 44.8 Å². The van der Waals surface area contributed by atoms with E-state index in [0.29, 0.717) is 27.5 Å². The van der Waals surface area contributed by atoms with Crippen molar-refractivity contribution in [1.29, 1.82) is 0 Å². The number of rotatable bonds is 1. The number of hydrogen-bond donors (Lipinski definition) is 0. The summed E-state index contributed by atoms with van der Waals surface area (Å²) in [6.45, 7) is 0. The van der Waals surface area contributed by atoms with Crippen LogP contribution in [-0.4, -0.2) is 25.0 Å². The van der Waals surface area contributed by atoms with E-state index in [2.05, 4.69) is 20.9 Å². The number of alkyl halides is 1. The number of halogens is 3. The Kier molecular flexibility index (Phi) is 4.02. The zero-order chi connectivity index (χ0) is 15.9. The fraction of sp³-hybridized carbons (Fsp3) is 0.125. The van der Waals surface area contributed by atoms with Gasteiger partial charge in [0, 0.05) is 27.7 Å². The van der Waals surface area contributed by atoms with Gasteiger partial charge >= 0.3 is 0 Å². The van der Waals surface area contributed by atoms with E-state index in [9.17, 15) is 9.18 Å². The van der Waals surface area contributed by atoms with Crippen LogP contribution < -0.4 is 4.90 Å². The van der Waals surface area contributed by atoms with Gasteiger partial charge in [0.05, 0.1) is 11.4 Å². The third-order valence-electron chi connectivity index (χ3n) is 3.48. The molecule has 1 unspecified atom stereocenters. The van der Waals surface area contributed by atoms with Crippen LogP contribution in [0.5, 0.6) is 0 Å². The Morgan fingerprint density at radius 3 is 2.68 bits per heavy atom. The van der Waals surface area contributed by atoms with Crippen molar-refractivity contribution in [2.75, 3.05) is 11.9 Å². The fourth-order valence-electron chi connectivity index (χ4n) is 2.37. The van der Waals surface area contributed by atoms with E-state index in [1.807, 2.05) is 0 Å². The molecular weight excluding hydrogens is 371 g/mol. The highest BCUT2D eigenvalue weighted by Gasteiger charge is 2.30. The van der Waals surface area contributed by atoms with Gasteiger partial charge in [-0.25, -0.2) is 9.38 Å². The van der Waals surface area contributed by atoms with Gasteiger partial charge in [-0.2, -0.15) is 0 Å². The zero-order valence-electron chi connectivity index (χ0n) is 11.6. The molecule has 22 heavy (non-hydrogen) atoms. The molecule has 1 atom stereocenters. The van der Waals surface area contributed by atoms with E-state index in [0.717, 1.165) is 4.47 Å². The minimum absolute atomic E-state index is 0.368. The van der Waals surface area contributed by atoms with E-state index in [1.165, 1.54) is 11.9 Å². The molecule has 2 aromatic rings. The first-order valence-corrected chi connectivity index (χ1v) is 7.70. The Hall–Kier alpha value is -1.72. The maximum atomic E-state index is 14.2. The molecule has 3 nitrogen and oxygen atoms in total. The summed E-state index contributed by atoms with van der Waals surface area (Å²) in [6, 6.07) is 12.4. The van der Waals surface area contributed by atoms with Crippen LogP contribution in [0.4, 0.5) is 10.1 Å². The van der Waals surface area contributed by atoms with E-state index >= 15 is 0 Å². The highest BCUT2D eigenvalue weighted by Crippen LogP contribution is 2.32. The number of likely N-dealkylation sites (N-methyl/N-ethyl adjacent to an activating group) is 1. The van der Waals surface area contributed by atoms with Gasteiger partial charge in [-0.05, 0) is 24.3 Å². The molecule has 0 N–H and O–H groups in total. The molecule has 1 aliphatic heterocycles. The van der Waals surface area contributed by atoms with Crippen molar-refractivity contribution in [2.45, 2.75) is 6.30 Å². The number of anilines is 1. The van der Waals surface area contributed by atoms with Crippen LogP contribution in [-0.2, 0) is 4.79 Å². The average molecular weight is 382 g/mol. The highest BCUT2D eigenvalue weighted by molar-refractivity contribution is 9.10. The van der Waals surface area contributed by atoms with Gasteiger partial charge in [-0.1, -0.05) is 45.7 Å². The third-order valence-corrected chi connectivity index (χ3v) is 4.30. The van der Waals surface area contributed by atoms with Gasteiger partial charge in [0.2, 0.25) is 0 Å². The van der Waals surface area contributed by atoms with Gasteiger partial charge in [0.15, 0.2) is 0 Å². The number of amides is 1. The summed E-state index contributed by atoms with van der Waals surface area (Å²) in [7, 11) is 1.53. The monoisotopic (exact) mass is 380 g/mol. The predicted molar refractivity (Wildman–Crippen MR) is 89.5 cm³/mol. The molecule has 0 saturated carbocycles. The fourth-order valence-corrected chi connectivity index (χ4v) is 2.96. The SMILES string of the molecule is CN1C(=O)C(F)N=C(c2ccccc2Cl)c2cc(Br)ccc21. The summed E-state index contributed by atoms with van der Waals surface area (Å²) in [5.74, 6) is -0.703. The Balaban J connectivity index is 2.31. The van der Waals surface area contributed by atoms with E-state index in [4.69, 9.17) is 11.6 Å². The normalized spacial score (nSPS) is 17.8. The van der Waals surface area contributed by atoms with Crippen molar-refractivity contribution in [3.63, 3.8) is 0 Å². The van der Waals surface area contributed by atoms with Gasteiger partial charge in [-0.15, -0.1) is 0 Å². The van der Waals surface area contributed by atoms with Crippen LogP contribution in [0.1, 0.15) is 11.1 Å². The van der Waals surface area contributed by atoms with Gasteiger partial charge in [0.1, 0.15) is 0 Å². The first kappa shape index (κ1) is 15.2. The van der Waals surface area contributed by atoms with Gasteiger partial charge in [0.25, 0.3) is 12.2 Å². The molecule has 3 rings (SSSR count). The lowest BCUT2D eigenvalue weighted by Crippen LogP contribution is -2.32. The van der Waals surface area contributed by atoms with Crippen LogP contribution in [0.25, 0.3) is 0 Å². The molecule has 0 aromatic heterocycles. The number of hydrogen-bond acceptors (Lipinski definition) is 2. The summed E-state index contributed by atoms with van der Waals surface area (Å²) in [6.07, 6.45) is -1.96. The molecule has 0 spiro atoms. The molecule has 1 amide bonds. The molecule has 0 bridgehead atoms. The van der Waals surface area contributed by atoms with Crippen LogP contribution in [0.3, 0.4) is 0 Å². The van der Waals surface area contributed by atoms with E-state index in [1.54, 1.807) is 42.5 Å². The molecule has 6 heteroatoms. The number of benzene rings is 2. The van der Waals surface area contributed by atoms with Gasteiger partial charge in [-0.3, -0.25) is 4.79 Å². The Bertz CT molecular complexity index is 793. The minimum Gasteiger partial charge on any atom is -0.311 e. The summed E-state index contributed by atoms with van der Waals surface area (Å²) in [5, 5.41) is 0.455. The van der Waals surface area contributed by atoms with Crippen molar-refractivity contribution in [3.05, 3.63) is 63.1 Å². The number of aliphatic imine (C=N–C) groups is 1. The topological polar surface area (TPSA) is 32.7 Å². The Labute approximate surface area is 140 Å².